The minimum Gasteiger partial charge on any atom is -0.411 e. The first-order valence-corrected chi connectivity index (χ1v) is 39.1. The number of azo groups is 1. The Kier molecular flexibility index (Phi) is 41.4. The van der Waals surface area contributed by atoms with Crippen LogP contribution in [0.4, 0.5) is 0 Å². The van der Waals surface area contributed by atoms with Crippen molar-refractivity contribution < 1.29 is 20.0 Å². The molecule has 654 valence electrons. The third-order valence-electron chi connectivity index (χ3n) is 15.9. The molecule has 0 aromatic carbocycles. The first-order chi connectivity index (χ1) is 52.2. The average molecular weight is 1640 g/mol. The lowest BCUT2D eigenvalue weighted by Gasteiger charge is -2.17. The van der Waals surface area contributed by atoms with Crippen LogP contribution >= 0.6 is 11.6 Å². The number of hydrogen-bond donors (Lipinski definition) is 3. The second-order valence-electron chi connectivity index (χ2n) is 39.1. The van der Waals surface area contributed by atoms with Crippen molar-refractivity contribution in [3.05, 3.63) is 105 Å². The molecular formula is C81H149ClN30O4. The van der Waals surface area contributed by atoms with Crippen LogP contribution in [0.1, 0.15) is 309 Å². The molecule has 11 rings (SSSR count). The molecule has 3 N–H and O–H groups in total. The summed E-state index contributed by atoms with van der Waals surface area (Å²) in [6.07, 6.45) is 12.5. The maximum atomic E-state index is 8.76. The molecule has 3 aliphatic rings. The smallest absolute Gasteiger partial charge is 0.174 e. The van der Waals surface area contributed by atoms with Gasteiger partial charge in [-0.05, 0) is 48.9 Å². The largest absolute Gasteiger partial charge is 0.411 e. The minimum absolute atomic E-state index is 0. The number of halogens is 1. The standard InChI is InChI=1S/2C8H15N3O.3C8H14N2.C7H13N3O.3C7H13N3.C6H10ClN3.C6H11N3O.CH4/c1-8(2,3)7-6-11(4-5-12)10-9-7;1-5-12-11-6-7(9-10-11)8(2,3)4;1-6-9-5-7(10-6)8(2,3)4;1-6-5-9-7(10-6)8(2,3)4;1-6-5-9-10-7(6)8(2,3)4;1-7(2,3)6-5-10(11-4)9-8-6;1-7(2,3)6-5-10(4)9-8-6;1-7(2,3)6-5-8-9-10(6)4;1-7(2,3)6-5-8-10(4)9-6;1-6(2,3)4-5(7)9-10-8-4;1-6(2,3)5-4-9(10)8-7-5;/h6,12H,4-5H2,1-3H3;6H,5H2,1-4H3;3*5H2,1-4H3;5H,1-4H3;3*5H,1-4H3;1-3H3,(H,8,9,10);4,10H,1-3H3;1H4. The molecule has 0 unspecified atom stereocenters. The molecule has 116 heavy (non-hydrogen) atoms. The number of aromatic amines is 1. The van der Waals surface area contributed by atoms with Crippen LogP contribution in [0.5, 0.6) is 0 Å². The molecule has 0 bridgehead atoms. The van der Waals surface area contributed by atoms with Crippen LogP contribution in [0, 0.1) is 16.2 Å². The van der Waals surface area contributed by atoms with Gasteiger partial charge in [-0.15, -0.1) is 35.7 Å². The van der Waals surface area contributed by atoms with Gasteiger partial charge < -0.3 is 20.0 Å². The molecule has 11 heterocycles. The van der Waals surface area contributed by atoms with Crippen molar-refractivity contribution in [3.63, 3.8) is 0 Å². The molecule has 8 aromatic heterocycles. The molecule has 0 saturated heterocycles. The molecule has 0 amide bonds. The van der Waals surface area contributed by atoms with Gasteiger partial charge in [-0.1, -0.05) is 278 Å². The van der Waals surface area contributed by atoms with Crippen LogP contribution in [-0.4, -0.2) is 194 Å². The van der Waals surface area contributed by atoms with E-state index in [-0.39, 0.29) is 73.6 Å². The number of allylic oxidation sites excluding steroid dienone is 1. The van der Waals surface area contributed by atoms with E-state index in [2.05, 4.69) is 312 Å². The van der Waals surface area contributed by atoms with Crippen molar-refractivity contribution >= 4 is 34.7 Å². The van der Waals surface area contributed by atoms with Crippen LogP contribution in [0.2, 0.25) is 5.15 Å². The third kappa shape index (κ3) is 40.6. The lowest BCUT2D eigenvalue weighted by molar-refractivity contribution is 0.0883. The van der Waals surface area contributed by atoms with Crippen molar-refractivity contribution in [2.24, 2.45) is 67.6 Å². The van der Waals surface area contributed by atoms with Gasteiger partial charge in [0.05, 0.1) is 109 Å². The summed E-state index contributed by atoms with van der Waals surface area (Å²) in [5.41, 5.74) is 13.4. The highest BCUT2D eigenvalue weighted by Crippen LogP contribution is 2.33. The first kappa shape index (κ1) is 107. The van der Waals surface area contributed by atoms with Crippen molar-refractivity contribution in [1.29, 1.82) is 0 Å². The summed E-state index contributed by atoms with van der Waals surface area (Å²) in [7, 11) is 7.17. The fourth-order valence-corrected chi connectivity index (χ4v) is 9.20. The number of amidine groups is 2. The number of rotatable bonds is 5. The van der Waals surface area contributed by atoms with Gasteiger partial charge in [0.2, 0.25) is 0 Å². The Morgan fingerprint density at radius 2 is 0.974 bits per heavy atom. The van der Waals surface area contributed by atoms with Gasteiger partial charge >= 0.3 is 0 Å². The van der Waals surface area contributed by atoms with E-state index < -0.39 is 0 Å². The fourth-order valence-electron chi connectivity index (χ4n) is 8.83. The number of aliphatic imine (C=N–C) groups is 4. The van der Waals surface area contributed by atoms with Crippen LogP contribution in [0.3, 0.4) is 0 Å². The van der Waals surface area contributed by atoms with Crippen molar-refractivity contribution in [3.8, 4) is 0 Å². The van der Waals surface area contributed by atoms with Gasteiger partial charge in [0, 0.05) is 105 Å². The molecule has 0 atom stereocenters. The topological polar surface area (TPSA) is 390 Å². The summed E-state index contributed by atoms with van der Waals surface area (Å²) in [5, 5.41) is 90.2. The van der Waals surface area contributed by atoms with E-state index in [1.165, 1.54) is 27.2 Å². The third-order valence-corrected chi connectivity index (χ3v) is 16.2. The number of aliphatic hydroxyl groups excluding tert-OH is 1. The maximum Gasteiger partial charge on any atom is 0.174 e. The minimum atomic E-state index is -0.0407. The van der Waals surface area contributed by atoms with Crippen molar-refractivity contribution in [2.75, 3.05) is 40.0 Å². The van der Waals surface area contributed by atoms with Crippen LogP contribution in [0.15, 0.2) is 84.8 Å². The van der Waals surface area contributed by atoms with E-state index >= 15 is 0 Å². The van der Waals surface area contributed by atoms with E-state index in [0.29, 0.717) is 18.3 Å². The molecule has 0 saturated carbocycles. The Labute approximate surface area is 698 Å². The molecule has 8 aromatic rings. The lowest BCUT2D eigenvalue weighted by Crippen LogP contribution is -2.21. The van der Waals surface area contributed by atoms with Crippen LogP contribution in [-0.2, 0) is 71.0 Å². The number of nitrogens with zero attached hydrogens (tertiary/aromatic N) is 29. The Balaban J connectivity index is 0.00000125. The molecular weight excluding hydrogens is 1490 g/mol. The Morgan fingerprint density at radius 1 is 0.491 bits per heavy atom. The second-order valence-corrected chi connectivity index (χ2v) is 39.5. The summed E-state index contributed by atoms with van der Waals surface area (Å²) >= 11 is 5.72. The SMILES string of the molecule is C.CC(C)(C)c1cn(CCO)nn1.CC(C)(C)c1cn(O)nn1.CC(C)(C)c1n[nH]nc1Cl.CC1=C(C(C)(C)C)N=NC1.CC1=NC(C(C)(C)C)=NC1.CC1=NCC(C(C)(C)C)=N1.CCOn1cc(C(C)(C)C)nn1.COn1cc(C(C)(C)C)nn1.Cn1cc(C(C)(C)C)nn1.Cn1ncc(C(C)(C)C)n1.Cn1nncc1C(C)(C)C. The lowest BCUT2D eigenvalue weighted by atomic mass is 9.90. The van der Waals surface area contributed by atoms with E-state index in [0.717, 1.165) is 93.1 Å². The van der Waals surface area contributed by atoms with Crippen LogP contribution in [0.25, 0.3) is 0 Å². The second kappa shape index (κ2) is 44.9. The molecule has 0 aliphatic carbocycles. The number of aliphatic hydroxyl groups is 1. The number of H-pyrrole nitrogens is 1. The van der Waals surface area contributed by atoms with Gasteiger partial charge in [0.1, 0.15) is 31.1 Å². The summed E-state index contributed by atoms with van der Waals surface area (Å²) in [5.74, 6) is 1.91. The summed E-state index contributed by atoms with van der Waals surface area (Å²) in [4.78, 5) is 32.2. The number of aryl methyl sites for hydroxylation is 3. The van der Waals surface area contributed by atoms with Crippen LogP contribution < -0.4 is 9.68 Å². The maximum absolute atomic E-state index is 8.76. The zero-order valence-corrected chi connectivity index (χ0v) is 78.6. The van der Waals surface area contributed by atoms with Crippen molar-refractivity contribution in [1.82, 2.24) is 121 Å². The monoisotopic (exact) mass is 1640 g/mol. The van der Waals surface area contributed by atoms with Crippen molar-refractivity contribution in [2.45, 2.75) is 313 Å². The molecule has 0 radical (unpaired) electrons. The van der Waals surface area contributed by atoms with Gasteiger partial charge in [0.15, 0.2) is 5.15 Å². The molecule has 0 spiro atoms. The highest BCUT2D eigenvalue weighted by molar-refractivity contribution is 6.30. The zero-order chi connectivity index (χ0) is 89.1. The number of aromatic nitrogens is 24. The number of hydrogen-bond acceptors (Lipinski definition) is 26. The predicted molar refractivity (Wildman–Crippen MR) is 466 cm³/mol. The van der Waals surface area contributed by atoms with Gasteiger partial charge in [-0.2, -0.15) is 35.5 Å². The normalized spacial score (nSPS) is 13.6. The zero-order valence-electron chi connectivity index (χ0n) is 77.8. The first-order valence-electron chi connectivity index (χ1n) is 38.7. The molecule has 35 heteroatoms. The molecule has 3 aliphatic heterocycles. The van der Waals surface area contributed by atoms with E-state index in [4.69, 9.17) is 31.6 Å². The predicted octanol–water partition coefficient (Wildman–Crippen LogP) is 15.4. The quantitative estimate of drug-likeness (QED) is 0.135. The van der Waals surface area contributed by atoms with Gasteiger partial charge in [0.25, 0.3) is 0 Å². The van der Waals surface area contributed by atoms with Gasteiger partial charge in [-0.25, -0.2) is 14.7 Å². The van der Waals surface area contributed by atoms with E-state index in [1.54, 1.807) is 44.5 Å². The highest BCUT2D eigenvalue weighted by Gasteiger charge is 2.27. The highest BCUT2D eigenvalue weighted by atomic mass is 35.5. The number of nitrogens with one attached hydrogen (secondary N) is 1. The average Bonchev–Trinajstić information content (AvgIpc) is 1.68. The summed E-state index contributed by atoms with van der Waals surface area (Å²) in [6, 6.07) is 0. The van der Waals surface area contributed by atoms with E-state index in [1.807, 2.05) is 102 Å². The Morgan fingerprint density at radius 3 is 1.22 bits per heavy atom. The van der Waals surface area contributed by atoms with E-state index in [9.17, 15) is 0 Å². The Hall–Kier alpha value is -9.21. The van der Waals surface area contributed by atoms with Gasteiger partial charge in [-0.3, -0.25) is 19.3 Å². The summed E-state index contributed by atoms with van der Waals surface area (Å²) in [6.45, 7) is 81.1. The molecule has 0 fully saturated rings. The fraction of sp³-hybridized carbons (Fsp3) is 0.728. The Bertz CT molecular complexity index is 4110. The summed E-state index contributed by atoms with van der Waals surface area (Å²) < 4.78 is 5.18. The molecule has 34 nitrogen and oxygen atoms in total.